The summed E-state index contributed by atoms with van der Waals surface area (Å²) in [4.78, 5) is 11.4. The first-order chi connectivity index (χ1) is 12.1. The molecule has 0 aromatic heterocycles. The minimum atomic E-state index is -0.479. The summed E-state index contributed by atoms with van der Waals surface area (Å²) in [6.07, 6.45) is -0.479. The molecular weight excluding hydrogens is 324 g/mol. The van der Waals surface area contributed by atoms with Gasteiger partial charge < -0.3 is 24.3 Å². The molecule has 0 spiro atoms. The molecule has 0 heterocycles. The summed E-state index contributed by atoms with van der Waals surface area (Å²) in [6, 6.07) is 10.8. The zero-order chi connectivity index (χ0) is 18.2. The molecule has 0 saturated heterocycles. The number of anilines is 3. The van der Waals surface area contributed by atoms with Gasteiger partial charge in [0.25, 0.3) is 0 Å². The van der Waals surface area contributed by atoms with Gasteiger partial charge in [0, 0.05) is 29.2 Å². The Bertz CT molecular complexity index is 691. The van der Waals surface area contributed by atoms with Crippen LogP contribution in [0.4, 0.5) is 21.9 Å². The van der Waals surface area contributed by atoms with Gasteiger partial charge in [-0.3, -0.25) is 5.32 Å². The molecule has 0 saturated carbocycles. The van der Waals surface area contributed by atoms with Crippen molar-refractivity contribution in [1.29, 1.82) is 0 Å². The highest BCUT2D eigenvalue weighted by atomic mass is 16.5. The summed E-state index contributed by atoms with van der Waals surface area (Å²) in [7, 11) is 4.69. The second kappa shape index (κ2) is 8.68. The molecule has 7 nitrogen and oxygen atoms in total. The van der Waals surface area contributed by atoms with E-state index in [1.165, 1.54) is 0 Å². The minimum Gasteiger partial charge on any atom is -0.493 e. The second-order valence-electron chi connectivity index (χ2n) is 4.96. The van der Waals surface area contributed by atoms with E-state index in [-0.39, 0.29) is 0 Å². The monoisotopic (exact) mass is 346 g/mol. The summed E-state index contributed by atoms with van der Waals surface area (Å²) in [6.45, 7) is 2.08. The SMILES string of the molecule is CCOC(=O)Nc1ccc(Nc2cc(OC)c(OC)c(OC)c2)cc1. The summed E-state index contributed by atoms with van der Waals surface area (Å²) in [5.74, 6) is 1.65. The number of hydrogen-bond acceptors (Lipinski definition) is 6. The molecule has 2 aromatic carbocycles. The van der Waals surface area contributed by atoms with E-state index in [9.17, 15) is 4.79 Å². The number of nitrogens with one attached hydrogen (secondary N) is 2. The van der Waals surface area contributed by atoms with Crippen molar-refractivity contribution in [2.75, 3.05) is 38.6 Å². The van der Waals surface area contributed by atoms with Crippen LogP contribution < -0.4 is 24.8 Å². The molecule has 25 heavy (non-hydrogen) atoms. The van der Waals surface area contributed by atoms with E-state index in [0.717, 1.165) is 11.4 Å². The molecule has 1 amide bonds. The Labute approximate surface area is 146 Å². The molecule has 0 atom stereocenters. The van der Waals surface area contributed by atoms with Crippen LogP contribution in [0.25, 0.3) is 0 Å². The first-order valence-corrected chi connectivity index (χ1v) is 7.72. The number of rotatable bonds is 7. The van der Waals surface area contributed by atoms with Gasteiger partial charge in [0.2, 0.25) is 5.75 Å². The lowest BCUT2D eigenvalue weighted by Crippen LogP contribution is -2.13. The summed E-state index contributed by atoms with van der Waals surface area (Å²) in [5, 5.41) is 5.89. The third kappa shape index (κ3) is 4.69. The van der Waals surface area contributed by atoms with E-state index >= 15 is 0 Å². The van der Waals surface area contributed by atoms with Crippen LogP contribution in [0, 0.1) is 0 Å². The van der Waals surface area contributed by atoms with E-state index < -0.39 is 6.09 Å². The highest BCUT2D eigenvalue weighted by Crippen LogP contribution is 2.40. The zero-order valence-corrected chi connectivity index (χ0v) is 14.7. The van der Waals surface area contributed by atoms with Crippen LogP contribution in [0.2, 0.25) is 0 Å². The van der Waals surface area contributed by atoms with Crippen LogP contribution >= 0.6 is 0 Å². The molecule has 7 heteroatoms. The summed E-state index contributed by atoms with van der Waals surface area (Å²) in [5.41, 5.74) is 2.26. The van der Waals surface area contributed by atoms with E-state index in [2.05, 4.69) is 10.6 Å². The average Bonchev–Trinajstić information content (AvgIpc) is 2.62. The van der Waals surface area contributed by atoms with Crippen molar-refractivity contribution in [3.63, 3.8) is 0 Å². The molecule has 0 fully saturated rings. The maximum Gasteiger partial charge on any atom is 0.411 e. The topological polar surface area (TPSA) is 78.1 Å². The van der Waals surface area contributed by atoms with Crippen molar-refractivity contribution in [2.24, 2.45) is 0 Å². The van der Waals surface area contributed by atoms with E-state index in [0.29, 0.717) is 29.5 Å². The van der Waals surface area contributed by atoms with E-state index in [1.807, 2.05) is 24.3 Å². The van der Waals surface area contributed by atoms with Crippen molar-refractivity contribution in [2.45, 2.75) is 6.92 Å². The normalized spacial score (nSPS) is 9.92. The molecule has 0 aliphatic carbocycles. The largest absolute Gasteiger partial charge is 0.493 e. The van der Waals surface area contributed by atoms with Crippen molar-refractivity contribution < 1.29 is 23.7 Å². The fraction of sp³-hybridized carbons (Fsp3) is 0.278. The standard InChI is InChI=1S/C18H22N2O5/c1-5-25-18(21)20-13-8-6-12(7-9-13)19-14-10-15(22-2)17(24-4)16(11-14)23-3/h6-11,19H,5H2,1-4H3,(H,20,21). The quantitative estimate of drug-likeness (QED) is 0.788. The van der Waals surface area contributed by atoms with Crippen molar-refractivity contribution >= 4 is 23.2 Å². The van der Waals surface area contributed by atoms with Crippen LogP contribution in [0.1, 0.15) is 6.92 Å². The Balaban J connectivity index is 2.15. The molecule has 0 aliphatic heterocycles. The first-order valence-electron chi connectivity index (χ1n) is 7.72. The number of methoxy groups -OCH3 is 3. The fourth-order valence-corrected chi connectivity index (χ4v) is 2.24. The zero-order valence-electron chi connectivity index (χ0n) is 14.7. The number of ether oxygens (including phenoxy) is 4. The molecule has 0 aliphatic rings. The van der Waals surface area contributed by atoms with Gasteiger partial charge >= 0.3 is 6.09 Å². The summed E-state index contributed by atoms with van der Waals surface area (Å²) < 4.78 is 20.8. The van der Waals surface area contributed by atoms with Crippen LogP contribution in [0.15, 0.2) is 36.4 Å². The highest BCUT2D eigenvalue weighted by molar-refractivity contribution is 5.85. The lowest BCUT2D eigenvalue weighted by Gasteiger charge is -2.15. The van der Waals surface area contributed by atoms with Crippen LogP contribution in [0.5, 0.6) is 17.2 Å². The molecule has 0 radical (unpaired) electrons. The molecule has 134 valence electrons. The maximum absolute atomic E-state index is 11.4. The Hall–Kier alpha value is -3.09. The van der Waals surface area contributed by atoms with Gasteiger partial charge in [-0.25, -0.2) is 4.79 Å². The fourth-order valence-electron chi connectivity index (χ4n) is 2.24. The first kappa shape index (κ1) is 18.3. The Morgan fingerprint density at radius 1 is 0.880 bits per heavy atom. The number of amides is 1. The molecule has 0 unspecified atom stereocenters. The van der Waals surface area contributed by atoms with Gasteiger partial charge in [-0.1, -0.05) is 0 Å². The van der Waals surface area contributed by atoms with E-state index in [4.69, 9.17) is 18.9 Å². The number of benzene rings is 2. The smallest absolute Gasteiger partial charge is 0.411 e. The third-order valence-corrected chi connectivity index (χ3v) is 3.36. The Kier molecular flexibility index (Phi) is 6.33. The molecular formula is C18H22N2O5. The lowest BCUT2D eigenvalue weighted by molar-refractivity contribution is 0.168. The van der Waals surface area contributed by atoms with Gasteiger partial charge in [0.1, 0.15) is 0 Å². The maximum atomic E-state index is 11.4. The van der Waals surface area contributed by atoms with Gasteiger partial charge in [0.15, 0.2) is 11.5 Å². The third-order valence-electron chi connectivity index (χ3n) is 3.36. The molecule has 0 bridgehead atoms. The Morgan fingerprint density at radius 3 is 1.92 bits per heavy atom. The molecule has 2 N–H and O–H groups in total. The molecule has 2 rings (SSSR count). The van der Waals surface area contributed by atoms with Crippen LogP contribution in [-0.2, 0) is 4.74 Å². The number of carbonyl (C=O) groups is 1. The predicted octanol–water partition coefficient (Wildman–Crippen LogP) is 4.02. The highest BCUT2D eigenvalue weighted by Gasteiger charge is 2.13. The van der Waals surface area contributed by atoms with Crippen molar-refractivity contribution in [3.05, 3.63) is 36.4 Å². The Morgan fingerprint density at radius 2 is 1.44 bits per heavy atom. The van der Waals surface area contributed by atoms with E-state index in [1.54, 1.807) is 40.4 Å². The predicted molar refractivity (Wildman–Crippen MR) is 96.5 cm³/mol. The van der Waals surface area contributed by atoms with Crippen molar-refractivity contribution in [1.82, 2.24) is 0 Å². The minimum absolute atomic E-state index is 0.326. The number of hydrogen-bond donors (Lipinski definition) is 2. The van der Waals surface area contributed by atoms with Gasteiger partial charge in [-0.05, 0) is 31.2 Å². The van der Waals surface area contributed by atoms with Gasteiger partial charge in [0.05, 0.1) is 27.9 Å². The second-order valence-corrected chi connectivity index (χ2v) is 4.96. The van der Waals surface area contributed by atoms with Gasteiger partial charge in [-0.2, -0.15) is 0 Å². The number of carbonyl (C=O) groups excluding carboxylic acids is 1. The van der Waals surface area contributed by atoms with Gasteiger partial charge in [-0.15, -0.1) is 0 Å². The summed E-state index contributed by atoms with van der Waals surface area (Å²) >= 11 is 0. The molecule has 2 aromatic rings. The van der Waals surface area contributed by atoms with Crippen LogP contribution in [-0.4, -0.2) is 34.0 Å². The van der Waals surface area contributed by atoms with Crippen LogP contribution in [0.3, 0.4) is 0 Å². The average molecular weight is 346 g/mol. The lowest BCUT2D eigenvalue weighted by atomic mass is 10.2. The van der Waals surface area contributed by atoms with Crippen molar-refractivity contribution in [3.8, 4) is 17.2 Å².